The van der Waals surface area contributed by atoms with Gasteiger partial charge in [0.05, 0.1) is 0 Å². The average Bonchev–Trinajstić information content (AvgIpc) is 2.80. The van der Waals surface area contributed by atoms with E-state index in [9.17, 15) is 0 Å². The molecule has 0 atom stereocenters. The number of fused-ring (bicyclic) bond motifs is 1. The molecule has 1 aromatic carbocycles. The number of carbonyl (C=O) groups excluding carboxylic acids is 1. The predicted octanol–water partition coefficient (Wildman–Crippen LogP) is 3.19. The molecule has 1 amide bonds. The van der Waals surface area contributed by atoms with E-state index >= 15 is 0 Å². The Balaban J connectivity index is 0.000000515. The molecule has 2 aromatic rings. The summed E-state index contributed by atoms with van der Waals surface area (Å²) in [5.74, 6) is 0. The number of benzene rings is 1. The van der Waals surface area contributed by atoms with Crippen molar-refractivity contribution in [3.05, 3.63) is 82.2 Å². The number of H-pyrrole nitrogens is 1. The molecule has 0 spiro atoms. The molecule has 3 rings (SSSR count). The number of hydrogen-bond acceptors (Lipinski definition) is 5. The summed E-state index contributed by atoms with van der Waals surface area (Å²) in [5, 5.41) is 2.91. The Bertz CT molecular complexity index is 895. The predicted molar refractivity (Wildman–Crippen MR) is 138 cm³/mol. The van der Waals surface area contributed by atoms with Crippen molar-refractivity contribution in [3.8, 4) is 0 Å². The number of thiocarbonyl (C=S) groups is 1. The van der Waals surface area contributed by atoms with Crippen LogP contribution in [0.2, 0.25) is 0 Å². The minimum absolute atomic E-state index is 0.250. The largest absolute Gasteiger partial charge is 0.379 e. The fraction of sp³-hybridized carbons (Fsp3) is 0.261. The van der Waals surface area contributed by atoms with Crippen LogP contribution in [0.3, 0.4) is 0 Å². The fourth-order valence-electron chi connectivity index (χ4n) is 2.70. The lowest BCUT2D eigenvalue weighted by molar-refractivity contribution is -0.106. The Hall–Kier alpha value is -2.65. The molecule has 0 radical (unpaired) electrons. The Morgan fingerprint density at radius 1 is 1.29 bits per heavy atom. The molecule has 0 saturated carbocycles. The summed E-state index contributed by atoms with van der Waals surface area (Å²) in [6.07, 6.45) is 6.99. The van der Waals surface area contributed by atoms with Crippen LogP contribution in [-0.2, 0) is 17.8 Å². The molecule has 1 aliphatic rings. The highest BCUT2D eigenvalue weighted by Crippen LogP contribution is 2.18. The van der Waals surface area contributed by atoms with Crippen molar-refractivity contribution < 1.29 is 4.79 Å². The number of aromatic amines is 1. The zero-order valence-corrected chi connectivity index (χ0v) is 20.1. The molecule has 0 bridgehead atoms. The van der Waals surface area contributed by atoms with Gasteiger partial charge in [0.25, 0.3) is 0 Å². The third-order valence-electron chi connectivity index (χ3n) is 4.10. The first-order valence-corrected chi connectivity index (χ1v) is 10.5. The number of aromatic nitrogens is 1. The number of carbonyl (C=O) groups is 1. The first-order valence-electron chi connectivity index (χ1n) is 9.69. The lowest BCUT2D eigenvalue weighted by Crippen LogP contribution is -2.27. The minimum Gasteiger partial charge on any atom is -0.379 e. The van der Waals surface area contributed by atoms with E-state index < -0.39 is 0 Å². The van der Waals surface area contributed by atoms with Crippen LogP contribution < -0.4 is 16.8 Å². The summed E-state index contributed by atoms with van der Waals surface area (Å²) in [6.45, 7) is 5.76. The van der Waals surface area contributed by atoms with Crippen molar-refractivity contribution >= 4 is 41.9 Å². The molecular formula is C23H33N5OS2. The van der Waals surface area contributed by atoms with Gasteiger partial charge in [-0.2, -0.15) is 0 Å². The molecule has 0 aliphatic carbocycles. The fourth-order valence-corrected chi connectivity index (χ4v) is 3.08. The number of allylic oxidation sites excluding steroid dienone is 2. The zero-order valence-electron chi connectivity index (χ0n) is 18.4. The van der Waals surface area contributed by atoms with E-state index in [1.165, 1.54) is 18.3 Å². The number of likely N-dealkylation sites (N-methyl/N-ethyl adjacent to an activating group) is 1. The van der Waals surface area contributed by atoms with E-state index in [0.29, 0.717) is 0 Å². The molecule has 6 N–H and O–H groups in total. The van der Waals surface area contributed by atoms with Crippen LogP contribution in [-0.4, -0.2) is 49.0 Å². The number of nitrogens with two attached hydrogens (primary N) is 2. The number of nitrogens with zero attached hydrogens (tertiary/aromatic N) is 1. The molecule has 31 heavy (non-hydrogen) atoms. The number of nitrogens with one attached hydrogen (secondary N) is 2. The highest BCUT2D eigenvalue weighted by Gasteiger charge is 2.13. The van der Waals surface area contributed by atoms with Gasteiger partial charge >= 0.3 is 0 Å². The van der Waals surface area contributed by atoms with Crippen LogP contribution in [0.4, 0.5) is 0 Å². The Labute approximate surface area is 196 Å². The van der Waals surface area contributed by atoms with Gasteiger partial charge in [-0.1, -0.05) is 79.6 Å². The molecular weight excluding hydrogens is 426 g/mol. The number of hydrogen-bond donors (Lipinski definition) is 4. The average molecular weight is 460 g/mol. The molecule has 2 heterocycles. The van der Waals surface area contributed by atoms with Gasteiger partial charge in [-0.3, -0.25) is 4.79 Å². The van der Waals surface area contributed by atoms with Crippen molar-refractivity contribution in [2.45, 2.75) is 13.0 Å². The monoisotopic (exact) mass is 459 g/mol. The maximum Gasteiger partial charge on any atom is 0.204 e. The summed E-state index contributed by atoms with van der Waals surface area (Å²) in [4.78, 5) is 15.0. The molecule has 8 heteroatoms. The van der Waals surface area contributed by atoms with Gasteiger partial charge in [0.2, 0.25) is 6.41 Å². The molecule has 0 unspecified atom stereocenters. The van der Waals surface area contributed by atoms with E-state index in [1.807, 2.05) is 49.5 Å². The SMILES string of the molecule is C=C/C=C/c1cc2c([nH]c1=S)CCN(C)C2.CN.CNC(=S)c1ccccc1.NC=O. The van der Waals surface area contributed by atoms with Crippen molar-refractivity contribution in [2.24, 2.45) is 11.5 Å². The second kappa shape index (κ2) is 17.1. The van der Waals surface area contributed by atoms with Crippen LogP contribution in [0.5, 0.6) is 0 Å². The first kappa shape index (κ1) is 28.4. The highest BCUT2D eigenvalue weighted by atomic mass is 32.1. The highest BCUT2D eigenvalue weighted by molar-refractivity contribution is 7.80. The van der Waals surface area contributed by atoms with Crippen molar-refractivity contribution in [3.63, 3.8) is 0 Å². The topological polar surface area (TPSA) is 100 Å². The first-order chi connectivity index (χ1) is 15.0. The summed E-state index contributed by atoms with van der Waals surface area (Å²) < 4.78 is 0.821. The summed E-state index contributed by atoms with van der Waals surface area (Å²) >= 11 is 10.3. The van der Waals surface area contributed by atoms with Crippen LogP contribution in [0.15, 0.2) is 55.1 Å². The van der Waals surface area contributed by atoms with E-state index in [-0.39, 0.29) is 6.41 Å². The standard InChI is InChI=1S/C13H16N2S.C8H9NS.CH3NO.CH5N/c1-3-4-5-10-8-11-9-15(2)7-6-12(11)14-13(10)16;1-9-8(10)7-5-3-2-4-6-7;2-1-3;1-2/h3-5,8H,1,6-7,9H2,2H3,(H,14,16);2-6H,1H3,(H,9,10);1H,(H2,2,3);2H2,1H3/b5-4+;;;. The van der Waals surface area contributed by atoms with Gasteiger partial charge in [0, 0.05) is 43.4 Å². The normalized spacial score (nSPS) is 11.9. The van der Waals surface area contributed by atoms with Crippen LogP contribution in [0.1, 0.15) is 22.4 Å². The summed E-state index contributed by atoms with van der Waals surface area (Å²) in [7, 11) is 5.47. The molecule has 168 valence electrons. The molecule has 0 fully saturated rings. The van der Waals surface area contributed by atoms with Gasteiger partial charge in [-0.25, -0.2) is 0 Å². The van der Waals surface area contributed by atoms with E-state index in [4.69, 9.17) is 29.2 Å². The lowest BCUT2D eigenvalue weighted by Gasteiger charge is -2.25. The quantitative estimate of drug-likeness (QED) is 0.320. The van der Waals surface area contributed by atoms with Crippen molar-refractivity contribution in [2.75, 3.05) is 27.7 Å². The van der Waals surface area contributed by atoms with Gasteiger partial charge in [0.15, 0.2) is 0 Å². The Morgan fingerprint density at radius 3 is 2.45 bits per heavy atom. The Morgan fingerprint density at radius 2 is 1.90 bits per heavy atom. The number of amides is 1. The molecule has 1 aliphatic heterocycles. The summed E-state index contributed by atoms with van der Waals surface area (Å²) in [5.41, 5.74) is 13.5. The second-order valence-electron chi connectivity index (χ2n) is 6.22. The van der Waals surface area contributed by atoms with Crippen molar-refractivity contribution in [1.29, 1.82) is 0 Å². The van der Waals surface area contributed by atoms with E-state index in [0.717, 1.165) is 40.3 Å². The third kappa shape index (κ3) is 10.8. The van der Waals surface area contributed by atoms with Gasteiger partial charge in [-0.05, 0) is 25.7 Å². The minimum atomic E-state index is 0.250. The maximum absolute atomic E-state index is 8.58. The number of primary amides is 1. The number of pyridine rings is 1. The van der Waals surface area contributed by atoms with Crippen LogP contribution >= 0.6 is 24.4 Å². The maximum atomic E-state index is 8.58. The molecule has 0 saturated heterocycles. The third-order valence-corrected chi connectivity index (χ3v) is 4.88. The Kier molecular flexibility index (Phi) is 15.6. The van der Waals surface area contributed by atoms with Gasteiger partial charge in [-0.15, -0.1) is 0 Å². The van der Waals surface area contributed by atoms with E-state index in [1.54, 1.807) is 6.08 Å². The zero-order chi connectivity index (χ0) is 23.6. The summed E-state index contributed by atoms with van der Waals surface area (Å²) in [6, 6.07) is 12.1. The molecule has 1 aromatic heterocycles. The lowest BCUT2D eigenvalue weighted by atomic mass is 10.0. The van der Waals surface area contributed by atoms with Crippen LogP contribution in [0.25, 0.3) is 6.08 Å². The molecule has 6 nitrogen and oxygen atoms in total. The van der Waals surface area contributed by atoms with Gasteiger partial charge < -0.3 is 26.7 Å². The smallest absolute Gasteiger partial charge is 0.204 e. The van der Waals surface area contributed by atoms with Crippen molar-refractivity contribution in [1.82, 2.24) is 15.2 Å². The number of rotatable bonds is 3. The van der Waals surface area contributed by atoms with Gasteiger partial charge in [0.1, 0.15) is 9.63 Å². The van der Waals surface area contributed by atoms with E-state index in [2.05, 4.69) is 46.4 Å². The second-order valence-corrected chi connectivity index (χ2v) is 7.04. The van der Waals surface area contributed by atoms with Crippen LogP contribution in [0, 0.1) is 4.64 Å².